The van der Waals surface area contributed by atoms with E-state index < -0.39 is 24.6 Å². The molecule has 358 valence electrons. The normalized spacial score (nSPS) is 19.5. The van der Waals surface area contributed by atoms with Crippen molar-refractivity contribution in [1.82, 2.24) is 9.80 Å². The SMILES string of the molecule is O=C(C[C@@H](c1ccccc1)c1cccc(OCc2cccc(C(=O)N3CC(C(=O)O[C@@H](Cc4c(Cl)c[nH+]cc4Cl)c4ccc(OC(F)F)c(OCC5CC5)c4)C3)c2)c1)O[C@H]1CN2CCC1CC2.[OH-]. The highest BCUT2D eigenvalue weighted by molar-refractivity contribution is 6.35. The van der Waals surface area contributed by atoms with Crippen molar-refractivity contribution in [2.75, 3.05) is 39.3 Å². The number of benzene rings is 4. The van der Waals surface area contributed by atoms with Gasteiger partial charge in [0, 0.05) is 43.1 Å². The van der Waals surface area contributed by atoms with E-state index in [-0.39, 0.29) is 73.4 Å². The highest BCUT2D eigenvalue weighted by atomic mass is 35.5. The predicted octanol–water partition coefficient (Wildman–Crippen LogP) is 9.36. The number of nitrogens with zero attached hydrogens (tertiary/aromatic N) is 2. The molecule has 12 nitrogen and oxygen atoms in total. The zero-order valence-electron chi connectivity index (χ0n) is 37.2. The van der Waals surface area contributed by atoms with Gasteiger partial charge in [-0.1, -0.05) is 83.9 Å². The van der Waals surface area contributed by atoms with E-state index >= 15 is 0 Å². The summed E-state index contributed by atoms with van der Waals surface area (Å²) in [6.07, 6.45) is 6.51. The van der Waals surface area contributed by atoms with Crippen LogP contribution in [-0.4, -0.2) is 85.2 Å². The van der Waals surface area contributed by atoms with E-state index in [2.05, 4.69) is 9.88 Å². The van der Waals surface area contributed by atoms with Crippen LogP contribution in [0.25, 0.3) is 0 Å². The summed E-state index contributed by atoms with van der Waals surface area (Å²) in [5.41, 5.74) is 4.15. The number of amides is 1. The lowest BCUT2D eigenvalue weighted by atomic mass is 9.85. The maximum atomic E-state index is 13.7. The molecule has 0 spiro atoms. The van der Waals surface area contributed by atoms with Crippen LogP contribution >= 0.6 is 23.2 Å². The first-order chi connectivity index (χ1) is 32.5. The van der Waals surface area contributed by atoms with E-state index in [0.29, 0.717) is 50.9 Å². The van der Waals surface area contributed by atoms with Crippen LogP contribution in [0.2, 0.25) is 10.0 Å². The summed E-state index contributed by atoms with van der Waals surface area (Å²) >= 11 is 13.0. The van der Waals surface area contributed by atoms with E-state index in [1.807, 2.05) is 60.7 Å². The molecule has 4 saturated heterocycles. The molecule has 1 amide bonds. The number of aromatic amines is 1. The Kier molecular flexibility index (Phi) is 15.8. The smallest absolute Gasteiger partial charge is 0.387 e. The molecule has 1 aliphatic carbocycles. The van der Waals surface area contributed by atoms with Crippen LogP contribution in [0.15, 0.2) is 109 Å². The van der Waals surface area contributed by atoms with Gasteiger partial charge in [0.1, 0.15) is 34.6 Å². The Morgan fingerprint density at radius 2 is 1.50 bits per heavy atom. The minimum atomic E-state index is -3.06. The zero-order valence-corrected chi connectivity index (χ0v) is 38.8. The lowest BCUT2D eigenvalue weighted by Gasteiger charge is -2.44. The van der Waals surface area contributed by atoms with Crippen LogP contribution in [0.5, 0.6) is 17.2 Å². The molecule has 16 heteroatoms. The molecule has 0 radical (unpaired) electrons. The maximum Gasteiger partial charge on any atom is 0.387 e. The number of H-pyrrole nitrogens is 1. The van der Waals surface area contributed by atoms with Crippen LogP contribution in [0.3, 0.4) is 0 Å². The Labute approximate surface area is 403 Å². The van der Waals surface area contributed by atoms with Crippen molar-refractivity contribution in [2.45, 2.75) is 69.9 Å². The molecule has 5 aromatic rings. The predicted molar refractivity (Wildman–Crippen MR) is 247 cm³/mol. The Morgan fingerprint density at radius 3 is 2.21 bits per heavy atom. The Balaban J connectivity index is 0.00000625. The fraction of sp³-hybridized carbons (Fsp3) is 0.385. The number of fused-ring (bicyclic) bond motifs is 3. The Hall–Kier alpha value is -5.80. The van der Waals surface area contributed by atoms with E-state index in [1.54, 1.807) is 47.6 Å². The second-order valence-electron chi connectivity index (χ2n) is 17.9. The molecule has 3 atom stereocenters. The third-order valence-corrected chi connectivity index (χ3v) is 13.8. The average Bonchev–Trinajstić information content (AvgIpc) is 4.16. The monoisotopic (exact) mass is 971 g/mol. The molecule has 1 aromatic heterocycles. The fourth-order valence-electron chi connectivity index (χ4n) is 9.14. The molecular weight excluding hydrogens is 919 g/mol. The van der Waals surface area contributed by atoms with Crippen LogP contribution in [-0.2, 0) is 32.1 Å². The quantitative estimate of drug-likeness (QED) is 0.0734. The van der Waals surface area contributed by atoms with Crippen molar-refractivity contribution in [3.63, 3.8) is 0 Å². The number of halogens is 4. The van der Waals surface area contributed by atoms with Gasteiger partial charge in [-0.3, -0.25) is 19.3 Å². The van der Waals surface area contributed by atoms with Gasteiger partial charge in [0.25, 0.3) is 5.91 Å². The summed E-state index contributed by atoms with van der Waals surface area (Å²) in [6, 6.07) is 29.3. The minimum Gasteiger partial charge on any atom is -0.870 e. The molecule has 5 aliphatic rings. The number of rotatable bonds is 19. The van der Waals surface area contributed by atoms with E-state index in [0.717, 1.165) is 62.0 Å². The molecule has 2 N–H and O–H groups in total. The molecule has 10 rings (SSSR count). The summed E-state index contributed by atoms with van der Waals surface area (Å²) in [5, 5.41) is 0.645. The molecular formula is C52H53Cl2F2N3O9. The van der Waals surface area contributed by atoms with Crippen molar-refractivity contribution in [3.8, 4) is 17.2 Å². The molecule has 4 aromatic carbocycles. The van der Waals surface area contributed by atoms with Gasteiger partial charge in [0.05, 0.1) is 18.9 Å². The first-order valence-electron chi connectivity index (χ1n) is 22.9. The van der Waals surface area contributed by atoms with Gasteiger partial charge in [-0.05, 0) is 109 Å². The summed E-state index contributed by atoms with van der Waals surface area (Å²) in [5.74, 6) is -0.471. The number of alkyl halides is 2. The lowest BCUT2D eigenvalue weighted by Crippen LogP contribution is -2.53. The van der Waals surface area contributed by atoms with Crippen molar-refractivity contribution in [2.24, 2.45) is 17.8 Å². The number of hydrogen-bond acceptors (Lipinski definition) is 10. The standard InChI is InChI=1S/C52H51Cl2F2N3O8.H2O/c53-43-25-57-26-44(54)42(43)23-46(37-14-15-45(67-52(55)56)47(22-37)64-30-32-12-13-32)66-51(62)39-27-59(28-39)50(61)38-10-4-6-33(20-38)31-63-40-11-5-9-36(21-40)41(34-7-2-1-3-8-34)24-49(60)65-48-29-58-18-16-35(48)17-19-58;/h1-11,14-15,20-22,25-26,32,35,39,41,46,48,52H,12-13,16-19,23-24,27-31H2;1H2/t41-,46-,48-;/m0./s1. The van der Waals surface area contributed by atoms with E-state index in [4.69, 9.17) is 46.9 Å². The molecule has 5 fully saturated rings. The third-order valence-electron chi connectivity index (χ3n) is 13.2. The van der Waals surface area contributed by atoms with Gasteiger partial charge in [-0.15, -0.1) is 0 Å². The van der Waals surface area contributed by atoms with Crippen LogP contribution < -0.4 is 19.2 Å². The number of piperidine rings is 3. The van der Waals surface area contributed by atoms with Gasteiger partial charge < -0.3 is 34.1 Å². The first kappa shape index (κ1) is 48.6. The second-order valence-corrected chi connectivity index (χ2v) is 18.7. The van der Waals surface area contributed by atoms with E-state index in [9.17, 15) is 23.2 Å². The molecule has 4 aliphatic heterocycles. The zero-order chi connectivity index (χ0) is 46.4. The largest absolute Gasteiger partial charge is 0.870 e. The lowest BCUT2D eigenvalue weighted by molar-refractivity contribution is -0.377. The molecule has 0 unspecified atom stereocenters. The number of esters is 2. The number of nitrogens with one attached hydrogen (secondary N) is 1. The van der Waals surface area contributed by atoms with Gasteiger partial charge in [0.2, 0.25) is 0 Å². The average molecular weight is 973 g/mol. The number of ether oxygens (including phenoxy) is 5. The topological polar surface area (TPSA) is 148 Å². The van der Waals surface area contributed by atoms with Crippen LogP contribution in [0, 0.1) is 17.8 Å². The van der Waals surface area contributed by atoms with Gasteiger partial charge in [-0.25, -0.2) is 4.98 Å². The van der Waals surface area contributed by atoms with E-state index in [1.165, 1.54) is 6.07 Å². The maximum absolute atomic E-state index is 13.7. The summed E-state index contributed by atoms with van der Waals surface area (Å²) in [4.78, 5) is 47.7. The number of likely N-dealkylation sites (tertiary alicyclic amines) is 1. The minimum absolute atomic E-state index is 0. The van der Waals surface area contributed by atoms with Crippen molar-refractivity contribution < 1.29 is 57.3 Å². The molecule has 2 bridgehead atoms. The molecule has 5 heterocycles. The first-order valence-corrected chi connectivity index (χ1v) is 23.6. The number of carbonyl (C=O) groups is 3. The van der Waals surface area contributed by atoms with Gasteiger partial charge >= 0.3 is 18.6 Å². The number of carbonyl (C=O) groups excluding carboxylic acids is 3. The number of hydrogen-bond donors (Lipinski definition) is 0. The summed E-state index contributed by atoms with van der Waals surface area (Å²) in [7, 11) is 0. The number of aromatic nitrogens is 1. The summed E-state index contributed by atoms with van der Waals surface area (Å²) in [6.45, 7) is 0.682. The van der Waals surface area contributed by atoms with Crippen molar-refractivity contribution in [3.05, 3.63) is 153 Å². The Morgan fingerprint density at radius 1 is 0.765 bits per heavy atom. The third kappa shape index (κ3) is 12.1. The van der Waals surface area contributed by atoms with Crippen molar-refractivity contribution >= 4 is 41.0 Å². The van der Waals surface area contributed by atoms with Crippen LogP contribution in [0.1, 0.15) is 82.3 Å². The second kappa shape index (κ2) is 22.1. The summed E-state index contributed by atoms with van der Waals surface area (Å²) < 4.78 is 55.8. The van der Waals surface area contributed by atoms with Crippen LogP contribution in [0.4, 0.5) is 8.78 Å². The number of pyridine rings is 1. The highest BCUT2D eigenvalue weighted by Gasteiger charge is 2.39. The van der Waals surface area contributed by atoms with Gasteiger partial charge in [-0.2, -0.15) is 8.78 Å². The van der Waals surface area contributed by atoms with Crippen molar-refractivity contribution in [1.29, 1.82) is 0 Å². The molecule has 1 saturated carbocycles. The Bertz CT molecular complexity index is 2530. The van der Waals surface area contributed by atoms with Gasteiger partial charge in [0.15, 0.2) is 23.9 Å². The fourth-order valence-corrected chi connectivity index (χ4v) is 9.68. The highest BCUT2D eigenvalue weighted by Crippen LogP contribution is 2.39. The molecule has 68 heavy (non-hydrogen) atoms.